The molecule has 0 aliphatic carbocycles. The Balaban J connectivity index is 1.73. The van der Waals surface area contributed by atoms with E-state index in [0.29, 0.717) is 0 Å². The molecule has 4 nitrogen and oxygen atoms in total. The van der Waals surface area contributed by atoms with Crippen molar-refractivity contribution in [3.63, 3.8) is 0 Å². The number of ether oxygens (including phenoxy) is 1. The Morgan fingerprint density at radius 2 is 2.17 bits per heavy atom. The fraction of sp³-hybridized carbons (Fsp3) is 0.421. The van der Waals surface area contributed by atoms with Crippen LogP contribution in [0.25, 0.3) is 6.20 Å². The number of hydrogen-bond acceptors (Lipinski definition) is 3. The molecular weight excluding hydrogens is 305 g/mol. The van der Waals surface area contributed by atoms with E-state index in [1.165, 1.54) is 17.7 Å². The van der Waals surface area contributed by atoms with Gasteiger partial charge in [-0.1, -0.05) is 18.7 Å². The van der Waals surface area contributed by atoms with E-state index < -0.39 is 0 Å². The van der Waals surface area contributed by atoms with E-state index in [1.54, 1.807) is 10.9 Å². The van der Waals surface area contributed by atoms with Crippen LogP contribution in [-0.2, 0) is 17.8 Å². The lowest BCUT2D eigenvalue weighted by Gasteiger charge is -2.25. The molecule has 0 bridgehead atoms. The molecule has 1 aromatic heterocycles. The Labute approximate surface area is 142 Å². The third-order valence-corrected chi connectivity index (χ3v) is 4.40. The molecule has 2 heterocycles. The molecule has 1 saturated heterocycles. The minimum Gasteiger partial charge on any atom is -0.377 e. The molecule has 24 heavy (non-hydrogen) atoms. The number of nitrogens with zero attached hydrogens (tertiary/aromatic N) is 3. The number of halogens is 1. The standard InChI is InChI=1S/C19H24FN3O/c1-3-23-13-17(15(2)21-23)12-22(14-19-5-4-10-24-19)11-16-6-8-18(20)9-7-16/h3,6-9,13,19H,1,4-5,10-12,14H2,2H3. The van der Waals surface area contributed by atoms with Crippen molar-refractivity contribution in [2.45, 2.75) is 39.0 Å². The van der Waals surface area contributed by atoms with Gasteiger partial charge in [0.1, 0.15) is 5.82 Å². The number of benzene rings is 1. The van der Waals surface area contributed by atoms with Crippen LogP contribution in [0.5, 0.6) is 0 Å². The summed E-state index contributed by atoms with van der Waals surface area (Å²) in [6.45, 7) is 9.04. The fourth-order valence-electron chi connectivity index (χ4n) is 3.12. The van der Waals surface area contributed by atoms with Gasteiger partial charge in [-0.05, 0) is 37.5 Å². The van der Waals surface area contributed by atoms with Gasteiger partial charge in [-0.15, -0.1) is 0 Å². The summed E-state index contributed by atoms with van der Waals surface area (Å²) < 4.78 is 20.7. The van der Waals surface area contributed by atoms with Crippen molar-refractivity contribution in [2.75, 3.05) is 13.2 Å². The third-order valence-electron chi connectivity index (χ3n) is 4.40. The summed E-state index contributed by atoms with van der Waals surface area (Å²) in [6, 6.07) is 6.72. The molecule has 2 aromatic rings. The van der Waals surface area contributed by atoms with Crippen LogP contribution < -0.4 is 0 Å². The molecule has 3 rings (SSSR count). The molecule has 0 radical (unpaired) electrons. The van der Waals surface area contributed by atoms with Crippen LogP contribution in [0, 0.1) is 12.7 Å². The maximum absolute atomic E-state index is 13.1. The van der Waals surface area contributed by atoms with Crippen LogP contribution in [0.4, 0.5) is 4.39 Å². The molecule has 5 heteroatoms. The summed E-state index contributed by atoms with van der Waals surface area (Å²) in [4.78, 5) is 2.35. The summed E-state index contributed by atoms with van der Waals surface area (Å²) in [7, 11) is 0. The van der Waals surface area contributed by atoms with E-state index in [0.717, 1.165) is 50.3 Å². The van der Waals surface area contributed by atoms with E-state index in [1.807, 2.05) is 25.3 Å². The van der Waals surface area contributed by atoms with E-state index in [-0.39, 0.29) is 11.9 Å². The topological polar surface area (TPSA) is 30.3 Å². The van der Waals surface area contributed by atoms with Gasteiger partial charge in [-0.25, -0.2) is 9.07 Å². The van der Waals surface area contributed by atoms with Crippen LogP contribution >= 0.6 is 0 Å². The minimum atomic E-state index is -0.201. The average molecular weight is 329 g/mol. The molecule has 1 atom stereocenters. The molecular formula is C19H24FN3O. The fourth-order valence-corrected chi connectivity index (χ4v) is 3.12. The SMILES string of the molecule is C=Cn1cc(CN(Cc2ccc(F)cc2)CC2CCCO2)c(C)n1. The van der Waals surface area contributed by atoms with E-state index >= 15 is 0 Å². The van der Waals surface area contributed by atoms with Gasteiger partial charge in [0, 0.05) is 44.2 Å². The van der Waals surface area contributed by atoms with Crippen LogP contribution in [0.2, 0.25) is 0 Å². The largest absolute Gasteiger partial charge is 0.377 e. The molecule has 128 valence electrons. The van der Waals surface area contributed by atoms with Crippen molar-refractivity contribution in [3.05, 3.63) is 59.7 Å². The molecule has 1 unspecified atom stereocenters. The van der Waals surface area contributed by atoms with Crippen molar-refractivity contribution in [1.29, 1.82) is 0 Å². The predicted molar refractivity (Wildman–Crippen MR) is 92.8 cm³/mol. The zero-order valence-corrected chi connectivity index (χ0v) is 14.1. The Morgan fingerprint density at radius 3 is 2.79 bits per heavy atom. The van der Waals surface area contributed by atoms with Gasteiger partial charge >= 0.3 is 0 Å². The highest BCUT2D eigenvalue weighted by Crippen LogP contribution is 2.18. The summed E-state index contributed by atoms with van der Waals surface area (Å²) in [6.07, 6.45) is 6.21. The first-order valence-corrected chi connectivity index (χ1v) is 8.39. The molecule has 1 fully saturated rings. The molecule has 1 aromatic carbocycles. The van der Waals surface area contributed by atoms with Crippen molar-refractivity contribution in [1.82, 2.24) is 14.7 Å². The van der Waals surface area contributed by atoms with Crippen LogP contribution in [0.3, 0.4) is 0 Å². The normalized spacial score (nSPS) is 17.5. The van der Waals surface area contributed by atoms with Crippen molar-refractivity contribution in [2.24, 2.45) is 0 Å². The average Bonchev–Trinajstić information content (AvgIpc) is 3.20. The zero-order valence-electron chi connectivity index (χ0n) is 14.1. The van der Waals surface area contributed by atoms with Gasteiger partial charge < -0.3 is 4.74 Å². The maximum Gasteiger partial charge on any atom is 0.123 e. The second kappa shape index (κ2) is 7.73. The summed E-state index contributed by atoms with van der Waals surface area (Å²) in [5, 5.41) is 4.42. The van der Waals surface area contributed by atoms with Crippen molar-refractivity contribution < 1.29 is 9.13 Å². The van der Waals surface area contributed by atoms with Gasteiger partial charge in [0.05, 0.1) is 11.8 Å². The van der Waals surface area contributed by atoms with Crippen LogP contribution in [-0.4, -0.2) is 33.9 Å². The molecule has 1 aliphatic heterocycles. The van der Waals surface area contributed by atoms with E-state index in [2.05, 4.69) is 16.6 Å². The second-order valence-electron chi connectivity index (χ2n) is 6.33. The quantitative estimate of drug-likeness (QED) is 0.777. The monoisotopic (exact) mass is 329 g/mol. The first kappa shape index (κ1) is 16.9. The third kappa shape index (κ3) is 4.30. The molecule has 0 N–H and O–H groups in total. The number of hydrogen-bond donors (Lipinski definition) is 0. The number of aryl methyl sites for hydroxylation is 1. The van der Waals surface area contributed by atoms with Gasteiger partial charge in [-0.3, -0.25) is 4.90 Å². The van der Waals surface area contributed by atoms with E-state index in [9.17, 15) is 4.39 Å². The Hall–Kier alpha value is -1.98. The van der Waals surface area contributed by atoms with Crippen LogP contribution in [0.1, 0.15) is 29.7 Å². The number of rotatable bonds is 7. The summed E-state index contributed by atoms with van der Waals surface area (Å²) in [5.74, 6) is -0.201. The first-order valence-electron chi connectivity index (χ1n) is 8.39. The Morgan fingerprint density at radius 1 is 1.38 bits per heavy atom. The maximum atomic E-state index is 13.1. The highest BCUT2D eigenvalue weighted by Gasteiger charge is 2.20. The van der Waals surface area contributed by atoms with Crippen molar-refractivity contribution >= 4 is 6.20 Å². The Bertz CT molecular complexity index is 674. The minimum absolute atomic E-state index is 0.201. The lowest BCUT2D eigenvalue weighted by Crippen LogP contribution is -2.31. The van der Waals surface area contributed by atoms with Gasteiger partial charge in [0.25, 0.3) is 0 Å². The summed E-state index contributed by atoms with van der Waals surface area (Å²) >= 11 is 0. The van der Waals surface area contributed by atoms with Crippen molar-refractivity contribution in [3.8, 4) is 0 Å². The number of aromatic nitrogens is 2. The zero-order chi connectivity index (χ0) is 16.9. The highest BCUT2D eigenvalue weighted by molar-refractivity contribution is 5.23. The molecule has 0 spiro atoms. The van der Waals surface area contributed by atoms with E-state index in [4.69, 9.17) is 4.74 Å². The molecule has 0 saturated carbocycles. The van der Waals surface area contributed by atoms with Gasteiger partial charge in [0.2, 0.25) is 0 Å². The second-order valence-corrected chi connectivity index (χ2v) is 6.33. The highest BCUT2D eigenvalue weighted by atomic mass is 19.1. The first-order chi connectivity index (χ1) is 11.6. The predicted octanol–water partition coefficient (Wildman–Crippen LogP) is 3.61. The van der Waals surface area contributed by atoms with Gasteiger partial charge in [-0.2, -0.15) is 5.10 Å². The molecule has 1 aliphatic rings. The smallest absolute Gasteiger partial charge is 0.123 e. The summed E-state index contributed by atoms with van der Waals surface area (Å²) in [5.41, 5.74) is 3.28. The van der Waals surface area contributed by atoms with Gasteiger partial charge in [0.15, 0.2) is 0 Å². The van der Waals surface area contributed by atoms with Crippen LogP contribution in [0.15, 0.2) is 37.0 Å². The lowest BCUT2D eigenvalue weighted by atomic mass is 10.1. The molecule has 0 amide bonds. The lowest BCUT2D eigenvalue weighted by molar-refractivity contribution is 0.0678. The Kier molecular flexibility index (Phi) is 5.43.